The van der Waals surface area contributed by atoms with E-state index in [1.165, 1.54) is 6.21 Å². The highest BCUT2D eigenvalue weighted by atomic mass is 79.9. The normalized spacial score (nSPS) is 10.6. The third kappa shape index (κ3) is 5.55. The molecule has 0 saturated heterocycles. The van der Waals surface area contributed by atoms with E-state index in [0.717, 1.165) is 10.0 Å². The van der Waals surface area contributed by atoms with Gasteiger partial charge in [0.05, 0.1) is 18.9 Å². The molecule has 0 bridgehead atoms. The van der Waals surface area contributed by atoms with Gasteiger partial charge in [0.2, 0.25) is 0 Å². The fourth-order valence-corrected chi connectivity index (χ4v) is 2.91. The second kappa shape index (κ2) is 9.84. The minimum atomic E-state index is -0.478. The number of methoxy groups -OCH3 is 1. The van der Waals surface area contributed by atoms with Gasteiger partial charge in [-0.2, -0.15) is 5.10 Å². The lowest BCUT2D eigenvalue weighted by atomic mass is 10.1. The van der Waals surface area contributed by atoms with Crippen LogP contribution in [0.25, 0.3) is 0 Å². The molecular formula is C23H19BrN2O4. The first kappa shape index (κ1) is 21.3. The molecule has 152 valence electrons. The minimum Gasteiger partial charge on any atom is -0.497 e. The van der Waals surface area contributed by atoms with Crippen LogP contribution in [0.3, 0.4) is 0 Å². The van der Waals surface area contributed by atoms with Crippen LogP contribution in [0.4, 0.5) is 0 Å². The van der Waals surface area contributed by atoms with Gasteiger partial charge in [-0.15, -0.1) is 0 Å². The maximum Gasteiger partial charge on any atom is 0.343 e. The van der Waals surface area contributed by atoms with Crippen molar-refractivity contribution in [2.24, 2.45) is 5.10 Å². The summed E-state index contributed by atoms with van der Waals surface area (Å²) < 4.78 is 11.4. The van der Waals surface area contributed by atoms with E-state index in [-0.39, 0.29) is 5.91 Å². The number of hydrogen-bond acceptors (Lipinski definition) is 5. The van der Waals surface area contributed by atoms with Crippen LogP contribution in [0.15, 0.2) is 76.3 Å². The first-order valence-electron chi connectivity index (χ1n) is 9.02. The number of esters is 1. The summed E-state index contributed by atoms with van der Waals surface area (Å²) in [4.78, 5) is 24.6. The highest BCUT2D eigenvalue weighted by molar-refractivity contribution is 9.10. The zero-order chi connectivity index (χ0) is 21.5. The minimum absolute atomic E-state index is 0.325. The maximum atomic E-state index is 12.4. The Bertz CT molecular complexity index is 1080. The quantitative estimate of drug-likeness (QED) is 0.246. The van der Waals surface area contributed by atoms with Crippen molar-refractivity contribution < 1.29 is 19.1 Å². The predicted octanol–water partition coefficient (Wildman–Crippen LogP) is 4.75. The second-order valence-electron chi connectivity index (χ2n) is 6.37. The fourth-order valence-electron chi connectivity index (χ4n) is 2.53. The van der Waals surface area contributed by atoms with Crippen LogP contribution in [0.2, 0.25) is 0 Å². The molecule has 1 N–H and O–H groups in total. The summed E-state index contributed by atoms with van der Waals surface area (Å²) in [6.45, 7) is 1.94. The van der Waals surface area contributed by atoms with Gasteiger partial charge in [-0.1, -0.05) is 33.6 Å². The van der Waals surface area contributed by atoms with Gasteiger partial charge in [-0.05, 0) is 61.5 Å². The smallest absolute Gasteiger partial charge is 0.343 e. The monoisotopic (exact) mass is 466 g/mol. The molecule has 0 aromatic heterocycles. The average molecular weight is 467 g/mol. The maximum absolute atomic E-state index is 12.4. The van der Waals surface area contributed by atoms with E-state index in [9.17, 15) is 9.59 Å². The largest absolute Gasteiger partial charge is 0.497 e. The second-order valence-corrected chi connectivity index (χ2v) is 7.28. The van der Waals surface area contributed by atoms with Crippen LogP contribution in [0.5, 0.6) is 11.5 Å². The summed E-state index contributed by atoms with van der Waals surface area (Å²) in [6.07, 6.45) is 1.42. The van der Waals surface area contributed by atoms with Crippen LogP contribution < -0.4 is 14.9 Å². The summed E-state index contributed by atoms with van der Waals surface area (Å²) >= 11 is 3.39. The number of amides is 1. The van der Waals surface area contributed by atoms with Crippen LogP contribution in [0.1, 0.15) is 31.8 Å². The Morgan fingerprint density at radius 1 is 0.967 bits per heavy atom. The zero-order valence-corrected chi connectivity index (χ0v) is 18.0. The van der Waals surface area contributed by atoms with Gasteiger partial charge < -0.3 is 9.47 Å². The standard InChI is InChI=1S/C23H19BrN2O4/c1-15-3-5-17(6-4-15)23(28)30-21-12-9-19(24)13-18(21)14-25-26-22(27)16-7-10-20(29-2)11-8-16/h3-14H,1-2H3,(H,26,27). The van der Waals surface area contributed by atoms with E-state index < -0.39 is 5.97 Å². The van der Waals surface area contributed by atoms with E-state index in [4.69, 9.17) is 9.47 Å². The lowest BCUT2D eigenvalue weighted by Gasteiger charge is -2.08. The number of benzene rings is 3. The Labute approximate surface area is 182 Å². The molecule has 0 unspecified atom stereocenters. The van der Waals surface area contributed by atoms with Gasteiger partial charge >= 0.3 is 5.97 Å². The summed E-state index contributed by atoms with van der Waals surface area (Å²) in [5, 5.41) is 3.99. The highest BCUT2D eigenvalue weighted by Gasteiger charge is 2.12. The van der Waals surface area contributed by atoms with Gasteiger partial charge in [0.1, 0.15) is 11.5 Å². The van der Waals surface area contributed by atoms with Crippen molar-refractivity contribution in [3.05, 3.63) is 93.5 Å². The molecule has 0 heterocycles. The van der Waals surface area contributed by atoms with Crippen molar-refractivity contribution in [3.8, 4) is 11.5 Å². The SMILES string of the molecule is COc1ccc(C(=O)NN=Cc2cc(Br)ccc2OC(=O)c2ccc(C)cc2)cc1. The van der Waals surface area contributed by atoms with Crippen LogP contribution >= 0.6 is 15.9 Å². The summed E-state index contributed by atoms with van der Waals surface area (Å²) in [7, 11) is 1.56. The molecule has 3 rings (SSSR count). The third-order valence-electron chi connectivity index (χ3n) is 4.18. The number of hydrogen-bond donors (Lipinski definition) is 1. The highest BCUT2D eigenvalue weighted by Crippen LogP contribution is 2.23. The van der Waals surface area contributed by atoms with Gasteiger partial charge in [0.15, 0.2) is 0 Å². The van der Waals surface area contributed by atoms with Crippen molar-refractivity contribution in [3.63, 3.8) is 0 Å². The topological polar surface area (TPSA) is 77.0 Å². The van der Waals surface area contributed by atoms with Crippen molar-refractivity contribution in [1.82, 2.24) is 5.43 Å². The molecule has 0 spiro atoms. The molecule has 0 aliphatic heterocycles. The van der Waals surface area contributed by atoms with Crippen molar-refractivity contribution in [2.45, 2.75) is 6.92 Å². The average Bonchev–Trinajstić information content (AvgIpc) is 2.76. The molecule has 3 aromatic carbocycles. The number of halogens is 1. The Balaban J connectivity index is 1.71. The first-order chi connectivity index (χ1) is 14.5. The van der Waals surface area contributed by atoms with E-state index >= 15 is 0 Å². The van der Waals surface area contributed by atoms with Crippen molar-refractivity contribution in [2.75, 3.05) is 7.11 Å². The third-order valence-corrected chi connectivity index (χ3v) is 4.68. The predicted molar refractivity (Wildman–Crippen MR) is 118 cm³/mol. The number of nitrogens with zero attached hydrogens (tertiary/aromatic N) is 1. The van der Waals surface area contributed by atoms with E-state index in [1.54, 1.807) is 61.7 Å². The molecule has 0 saturated carbocycles. The van der Waals surface area contributed by atoms with Gasteiger partial charge in [0, 0.05) is 15.6 Å². The Morgan fingerprint density at radius 3 is 2.30 bits per heavy atom. The van der Waals surface area contributed by atoms with Crippen molar-refractivity contribution >= 4 is 34.0 Å². The molecule has 0 radical (unpaired) electrons. The van der Waals surface area contributed by atoms with Gasteiger partial charge in [-0.3, -0.25) is 4.79 Å². The zero-order valence-electron chi connectivity index (χ0n) is 16.4. The van der Waals surface area contributed by atoms with E-state index in [2.05, 4.69) is 26.5 Å². The molecule has 30 heavy (non-hydrogen) atoms. The van der Waals surface area contributed by atoms with Gasteiger partial charge in [-0.25, -0.2) is 10.2 Å². The molecule has 0 aliphatic rings. The number of carbonyl (C=O) groups excluding carboxylic acids is 2. The lowest BCUT2D eigenvalue weighted by molar-refractivity contribution is 0.0734. The summed E-state index contributed by atoms with van der Waals surface area (Å²) in [5.74, 6) is 0.131. The van der Waals surface area contributed by atoms with E-state index in [1.807, 2.05) is 19.1 Å². The molecule has 0 aliphatic carbocycles. The number of rotatable bonds is 6. The summed E-state index contributed by atoms with van der Waals surface area (Å²) in [5.41, 5.74) is 4.92. The number of carbonyl (C=O) groups is 2. The molecule has 3 aromatic rings. The molecule has 6 nitrogen and oxygen atoms in total. The summed E-state index contributed by atoms with van der Waals surface area (Å²) in [6, 6.07) is 18.9. The number of nitrogens with one attached hydrogen (secondary N) is 1. The van der Waals surface area contributed by atoms with Crippen LogP contribution in [-0.4, -0.2) is 25.2 Å². The molecular weight excluding hydrogens is 448 g/mol. The lowest BCUT2D eigenvalue weighted by Crippen LogP contribution is -2.17. The van der Waals surface area contributed by atoms with Crippen LogP contribution in [0, 0.1) is 6.92 Å². The molecule has 7 heteroatoms. The fraction of sp³-hybridized carbons (Fsp3) is 0.0870. The Morgan fingerprint density at radius 2 is 1.63 bits per heavy atom. The molecule has 1 amide bonds. The number of aryl methyl sites for hydroxylation is 1. The Hall–Kier alpha value is -3.45. The van der Waals surface area contributed by atoms with Crippen molar-refractivity contribution in [1.29, 1.82) is 0 Å². The Kier molecular flexibility index (Phi) is 6.98. The number of ether oxygens (including phenoxy) is 2. The number of hydrazone groups is 1. The molecule has 0 atom stereocenters. The van der Waals surface area contributed by atoms with Crippen LogP contribution in [-0.2, 0) is 0 Å². The van der Waals surface area contributed by atoms with Gasteiger partial charge in [0.25, 0.3) is 5.91 Å². The first-order valence-corrected chi connectivity index (χ1v) is 9.81. The van der Waals surface area contributed by atoms with E-state index in [0.29, 0.717) is 28.2 Å². The molecule has 0 fully saturated rings.